The summed E-state index contributed by atoms with van der Waals surface area (Å²) < 4.78 is 27.9. The molecule has 1 rings (SSSR count). The number of anilines is 1. The van der Waals surface area contributed by atoms with Crippen molar-refractivity contribution in [2.45, 2.75) is 19.6 Å². The van der Waals surface area contributed by atoms with Crippen LogP contribution in [-0.2, 0) is 15.6 Å². The zero-order valence-corrected chi connectivity index (χ0v) is 11.3. The summed E-state index contributed by atoms with van der Waals surface area (Å²) in [5, 5.41) is 0. The van der Waals surface area contributed by atoms with E-state index in [1.165, 1.54) is 6.26 Å². The van der Waals surface area contributed by atoms with Crippen LogP contribution in [0, 0.1) is 5.92 Å². The molecule has 0 aromatic heterocycles. The van der Waals surface area contributed by atoms with Crippen molar-refractivity contribution in [3.05, 3.63) is 23.8 Å². The van der Waals surface area contributed by atoms with Gasteiger partial charge in [-0.3, -0.25) is 0 Å². The van der Waals surface area contributed by atoms with E-state index < -0.39 is 9.84 Å². The van der Waals surface area contributed by atoms with Gasteiger partial charge in [-0.25, -0.2) is 8.42 Å². The number of nitrogen functional groups attached to an aromatic ring is 1. The number of sulfone groups is 1. The first-order valence-corrected chi connectivity index (χ1v) is 7.53. The summed E-state index contributed by atoms with van der Waals surface area (Å²) in [4.78, 5) is 0. The number of nitrogens with two attached hydrogens (primary N) is 1. The van der Waals surface area contributed by atoms with E-state index in [1.54, 1.807) is 18.2 Å². The summed E-state index contributed by atoms with van der Waals surface area (Å²) in [5.41, 5.74) is 6.99. The average Bonchev–Trinajstić information content (AvgIpc) is 2.16. The number of rotatable bonds is 5. The molecule has 0 saturated heterocycles. The van der Waals surface area contributed by atoms with Crippen LogP contribution in [0.15, 0.2) is 18.2 Å². The van der Waals surface area contributed by atoms with Gasteiger partial charge in [0, 0.05) is 6.26 Å². The summed E-state index contributed by atoms with van der Waals surface area (Å²) in [6.07, 6.45) is 1.21. The highest BCUT2D eigenvalue weighted by molar-refractivity contribution is 7.89. The molecule has 0 spiro atoms. The quantitative estimate of drug-likeness (QED) is 0.817. The summed E-state index contributed by atoms with van der Waals surface area (Å²) in [6, 6.07) is 5.08. The summed E-state index contributed by atoms with van der Waals surface area (Å²) >= 11 is 0. The Morgan fingerprint density at radius 2 is 2.00 bits per heavy atom. The van der Waals surface area contributed by atoms with Crippen molar-refractivity contribution in [3.8, 4) is 5.75 Å². The van der Waals surface area contributed by atoms with Crippen molar-refractivity contribution in [2.75, 3.05) is 18.6 Å². The molecule has 1 aromatic carbocycles. The molecule has 0 bridgehead atoms. The molecule has 0 radical (unpaired) electrons. The van der Waals surface area contributed by atoms with Gasteiger partial charge in [0.15, 0.2) is 9.84 Å². The number of ether oxygens (including phenoxy) is 1. The molecule has 17 heavy (non-hydrogen) atoms. The first kappa shape index (κ1) is 13.8. The first-order chi connectivity index (χ1) is 7.78. The monoisotopic (exact) mass is 257 g/mol. The van der Waals surface area contributed by atoms with Crippen LogP contribution in [0.3, 0.4) is 0 Å². The lowest BCUT2D eigenvalue weighted by Crippen LogP contribution is -2.07. The van der Waals surface area contributed by atoms with E-state index in [0.29, 0.717) is 29.5 Å². The van der Waals surface area contributed by atoms with Gasteiger partial charge >= 0.3 is 0 Å². The third kappa shape index (κ3) is 5.08. The second-order valence-corrected chi connectivity index (χ2v) is 6.79. The maximum absolute atomic E-state index is 11.2. The molecule has 4 nitrogen and oxygen atoms in total. The number of hydrogen-bond acceptors (Lipinski definition) is 4. The Balaban J connectivity index is 2.86. The lowest BCUT2D eigenvalue weighted by molar-refractivity contribution is 0.272. The van der Waals surface area contributed by atoms with Gasteiger partial charge in [0.25, 0.3) is 0 Å². The van der Waals surface area contributed by atoms with E-state index in [2.05, 4.69) is 0 Å². The topological polar surface area (TPSA) is 69.4 Å². The normalized spacial score (nSPS) is 11.8. The molecule has 96 valence electrons. The van der Waals surface area contributed by atoms with Crippen LogP contribution in [0.2, 0.25) is 0 Å². The van der Waals surface area contributed by atoms with Gasteiger partial charge < -0.3 is 10.5 Å². The maximum Gasteiger partial charge on any atom is 0.151 e. The van der Waals surface area contributed by atoms with E-state index >= 15 is 0 Å². The molecular formula is C12H19NO3S. The lowest BCUT2D eigenvalue weighted by Gasteiger charge is -2.12. The van der Waals surface area contributed by atoms with Gasteiger partial charge in [-0.15, -0.1) is 0 Å². The van der Waals surface area contributed by atoms with Gasteiger partial charge in [0.2, 0.25) is 0 Å². The molecule has 1 aromatic rings. The van der Waals surface area contributed by atoms with Crippen molar-refractivity contribution in [1.82, 2.24) is 0 Å². The highest BCUT2D eigenvalue weighted by Gasteiger charge is 2.08. The van der Waals surface area contributed by atoms with Crippen LogP contribution >= 0.6 is 0 Å². The van der Waals surface area contributed by atoms with E-state index in [4.69, 9.17) is 10.5 Å². The minimum absolute atomic E-state index is 0.00528. The fraction of sp³-hybridized carbons (Fsp3) is 0.500. The van der Waals surface area contributed by atoms with Gasteiger partial charge in [0.05, 0.1) is 18.0 Å². The molecule has 2 N–H and O–H groups in total. The molecule has 0 aliphatic rings. The lowest BCUT2D eigenvalue weighted by atomic mass is 10.2. The van der Waals surface area contributed by atoms with Crippen molar-refractivity contribution in [1.29, 1.82) is 0 Å². The Hall–Kier alpha value is -1.23. The minimum atomic E-state index is -3.03. The zero-order valence-electron chi connectivity index (χ0n) is 10.4. The first-order valence-electron chi connectivity index (χ1n) is 5.47. The van der Waals surface area contributed by atoms with Crippen molar-refractivity contribution in [3.63, 3.8) is 0 Å². The highest BCUT2D eigenvalue weighted by atomic mass is 32.2. The van der Waals surface area contributed by atoms with Crippen LogP contribution in [0.5, 0.6) is 5.75 Å². The molecule has 0 fully saturated rings. The second-order valence-electron chi connectivity index (χ2n) is 4.65. The Labute approximate surface area is 103 Å². The van der Waals surface area contributed by atoms with E-state index in [0.717, 1.165) is 0 Å². The molecular weight excluding hydrogens is 238 g/mol. The Morgan fingerprint density at radius 3 is 2.53 bits per heavy atom. The van der Waals surface area contributed by atoms with Crippen LogP contribution in [0.25, 0.3) is 0 Å². The molecule has 0 amide bonds. The SMILES string of the molecule is CC(C)COc1cc(CS(C)(=O)=O)ccc1N. The summed E-state index contributed by atoms with van der Waals surface area (Å²) in [7, 11) is -3.03. The maximum atomic E-state index is 11.2. The summed E-state index contributed by atoms with van der Waals surface area (Å²) in [5.74, 6) is 0.957. The predicted octanol–water partition coefficient (Wildman–Crippen LogP) is 1.85. The van der Waals surface area contributed by atoms with Gasteiger partial charge in [0.1, 0.15) is 5.75 Å². The summed E-state index contributed by atoms with van der Waals surface area (Å²) in [6.45, 7) is 4.64. The molecule has 5 heteroatoms. The number of benzene rings is 1. The van der Waals surface area contributed by atoms with Gasteiger partial charge in [-0.1, -0.05) is 19.9 Å². The molecule has 0 aliphatic carbocycles. The van der Waals surface area contributed by atoms with Crippen molar-refractivity contribution >= 4 is 15.5 Å². The third-order valence-electron chi connectivity index (χ3n) is 2.08. The highest BCUT2D eigenvalue weighted by Crippen LogP contribution is 2.24. The molecule has 0 heterocycles. The second kappa shape index (κ2) is 5.40. The molecule has 0 unspecified atom stereocenters. The molecule has 0 atom stereocenters. The predicted molar refractivity (Wildman–Crippen MR) is 69.7 cm³/mol. The van der Waals surface area contributed by atoms with Crippen molar-refractivity contribution in [2.24, 2.45) is 5.92 Å². The fourth-order valence-electron chi connectivity index (χ4n) is 1.35. The largest absolute Gasteiger partial charge is 0.491 e. The Bertz CT molecular complexity index is 481. The van der Waals surface area contributed by atoms with Crippen LogP contribution < -0.4 is 10.5 Å². The zero-order chi connectivity index (χ0) is 13.1. The van der Waals surface area contributed by atoms with E-state index in [-0.39, 0.29) is 5.75 Å². The standard InChI is InChI=1S/C12H19NO3S/c1-9(2)7-16-12-6-10(4-5-11(12)13)8-17(3,14)15/h4-6,9H,7-8,13H2,1-3H3. The fourth-order valence-corrected chi connectivity index (χ4v) is 2.14. The average molecular weight is 257 g/mol. The number of hydrogen-bond donors (Lipinski definition) is 1. The van der Waals surface area contributed by atoms with Crippen LogP contribution in [0.1, 0.15) is 19.4 Å². The molecule has 0 aliphatic heterocycles. The van der Waals surface area contributed by atoms with E-state index in [9.17, 15) is 8.42 Å². The van der Waals surface area contributed by atoms with Crippen LogP contribution in [-0.4, -0.2) is 21.3 Å². The van der Waals surface area contributed by atoms with Gasteiger partial charge in [-0.2, -0.15) is 0 Å². The van der Waals surface area contributed by atoms with Crippen LogP contribution in [0.4, 0.5) is 5.69 Å². The minimum Gasteiger partial charge on any atom is -0.491 e. The smallest absolute Gasteiger partial charge is 0.151 e. The Kier molecular flexibility index (Phi) is 4.40. The Morgan fingerprint density at radius 1 is 1.35 bits per heavy atom. The van der Waals surface area contributed by atoms with E-state index in [1.807, 2.05) is 13.8 Å². The molecule has 0 saturated carbocycles. The third-order valence-corrected chi connectivity index (χ3v) is 2.94. The van der Waals surface area contributed by atoms with Crippen molar-refractivity contribution < 1.29 is 13.2 Å². The van der Waals surface area contributed by atoms with Gasteiger partial charge in [-0.05, 0) is 23.6 Å².